The van der Waals surface area contributed by atoms with Gasteiger partial charge in [-0.15, -0.1) is 0 Å². The van der Waals surface area contributed by atoms with E-state index in [9.17, 15) is 0 Å². The predicted octanol–water partition coefficient (Wildman–Crippen LogP) is 2.47. The summed E-state index contributed by atoms with van der Waals surface area (Å²) in [5, 5.41) is 0. The Morgan fingerprint density at radius 2 is 1.75 bits per heavy atom. The van der Waals surface area contributed by atoms with E-state index >= 15 is 0 Å². The topological polar surface area (TPSA) is 27.7 Å². The van der Waals surface area contributed by atoms with Crippen molar-refractivity contribution in [2.75, 3.05) is 14.2 Å². The van der Waals surface area contributed by atoms with E-state index in [2.05, 4.69) is 20.8 Å². The lowest BCUT2D eigenvalue weighted by Gasteiger charge is -2.38. The summed E-state index contributed by atoms with van der Waals surface area (Å²) in [7, 11) is 1.48. The van der Waals surface area contributed by atoms with Gasteiger partial charge in [-0.25, -0.2) is 0 Å². The Hall–Kier alpha value is 0.0969. The minimum atomic E-state index is -1.87. The van der Waals surface area contributed by atoms with Crippen molar-refractivity contribution in [1.82, 2.24) is 0 Å². The maximum absolute atomic E-state index is 6.03. The lowest BCUT2D eigenvalue weighted by Crippen LogP contribution is -2.40. The van der Waals surface area contributed by atoms with Gasteiger partial charge in [-0.3, -0.25) is 0 Å². The van der Waals surface area contributed by atoms with E-state index in [1.165, 1.54) is 12.8 Å². The molecule has 1 fully saturated rings. The minimum absolute atomic E-state index is 0.334. The highest BCUT2D eigenvalue weighted by Gasteiger charge is 2.33. The van der Waals surface area contributed by atoms with E-state index in [0.29, 0.717) is 17.9 Å². The molecule has 1 rings (SSSR count). The van der Waals surface area contributed by atoms with Gasteiger partial charge in [0.15, 0.2) is 0 Å². The van der Waals surface area contributed by atoms with Crippen LogP contribution in [0.1, 0.15) is 40.0 Å². The summed E-state index contributed by atoms with van der Waals surface area (Å²) in [6.45, 7) is 6.88. The van der Waals surface area contributed by atoms with Crippen molar-refractivity contribution in [3.05, 3.63) is 0 Å². The van der Waals surface area contributed by atoms with E-state index in [1.54, 1.807) is 14.2 Å². The zero-order valence-corrected chi connectivity index (χ0v) is 12.4. The van der Waals surface area contributed by atoms with Crippen molar-refractivity contribution in [1.29, 1.82) is 0 Å². The standard InChI is InChI=1S/C12H26O3Si/c1-9(2)11-7-6-10(3)8-12(11)15-16(13-4)14-5/h9-12,16H,6-8H2,1-5H3. The van der Waals surface area contributed by atoms with Crippen LogP contribution in [0.4, 0.5) is 0 Å². The van der Waals surface area contributed by atoms with Crippen molar-refractivity contribution >= 4 is 9.53 Å². The van der Waals surface area contributed by atoms with E-state index in [4.69, 9.17) is 13.3 Å². The van der Waals surface area contributed by atoms with E-state index in [-0.39, 0.29) is 0 Å². The second-order valence-electron chi connectivity index (χ2n) is 5.26. The molecule has 0 amide bonds. The average molecular weight is 246 g/mol. The van der Waals surface area contributed by atoms with Gasteiger partial charge in [-0.05, 0) is 30.6 Å². The number of rotatable bonds is 5. The average Bonchev–Trinajstić information content (AvgIpc) is 2.25. The van der Waals surface area contributed by atoms with Gasteiger partial charge in [-0.2, -0.15) is 0 Å². The summed E-state index contributed by atoms with van der Waals surface area (Å²) in [6, 6.07) is 0. The number of hydrogen-bond donors (Lipinski definition) is 0. The molecular weight excluding hydrogens is 220 g/mol. The van der Waals surface area contributed by atoms with Gasteiger partial charge < -0.3 is 13.3 Å². The molecule has 0 aliphatic heterocycles. The van der Waals surface area contributed by atoms with Crippen LogP contribution in [0.3, 0.4) is 0 Å². The molecule has 0 spiro atoms. The summed E-state index contributed by atoms with van der Waals surface area (Å²) >= 11 is 0. The largest absolute Gasteiger partial charge is 0.483 e. The summed E-state index contributed by atoms with van der Waals surface area (Å²) in [5.74, 6) is 2.11. The highest BCUT2D eigenvalue weighted by molar-refractivity contribution is 6.36. The first-order chi connectivity index (χ1) is 7.58. The Balaban J connectivity index is 2.56. The molecule has 4 heteroatoms. The molecule has 0 radical (unpaired) electrons. The quantitative estimate of drug-likeness (QED) is 0.698. The minimum Gasteiger partial charge on any atom is -0.379 e. The van der Waals surface area contributed by atoms with E-state index < -0.39 is 9.53 Å². The Kier molecular flexibility index (Phi) is 5.96. The van der Waals surface area contributed by atoms with Crippen molar-refractivity contribution in [3.63, 3.8) is 0 Å². The maximum Gasteiger partial charge on any atom is 0.483 e. The molecule has 0 aromatic rings. The van der Waals surface area contributed by atoms with Gasteiger partial charge in [0.25, 0.3) is 0 Å². The molecule has 0 N–H and O–H groups in total. The second-order valence-corrected chi connectivity index (χ2v) is 7.05. The summed E-state index contributed by atoms with van der Waals surface area (Å²) in [4.78, 5) is 0. The second kappa shape index (κ2) is 6.74. The molecular formula is C12H26O3Si. The smallest absolute Gasteiger partial charge is 0.379 e. The fraction of sp³-hybridized carbons (Fsp3) is 1.00. The van der Waals surface area contributed by atoms with Crippen LogP contribution in [0.2, 0.25) is 0 Å². The first-order valence-electron chi connectivity index (χ1n) is 6.29. The zero-order chi connectivity index (χ0) is 12.1. The summed E-state index contributed by atoms with van der Waals surface area (Å²) in [5.41, 5.74) is 0. The van der Waals surface area contributed by atoms with Gasteiger partial charge >= 0.3 is 9.53 Å². The first-order valence-corrected chi connectivity index (χ1v) is 7.71. The monoisotopic (exact) mass is 246 g/mol. The Morgan fingerprint density at radius 1 is 1.12 bits per heavy atom. The normalized spacial score (nSPS) is 31.3. The fourth-order valence-electron chi connectivity index (χ4n) is 2.62. The van der Waals surface area contributed by atoms with Crippen molar-refractivity contribution in [2.45, 2.75) is 46.1 Å². The zero-order valence-electron chi connectivity index (χ0n) is 11.2. The molecule has 0 bridgehead atoms. The van der Waals surface area contributed by atoms with Crippen LogP contribution in [0.5, 0.6) is 0 Å². The molecule has 1 aliphatic rings. The summed E-state index contributed by atoms with van der Waals surface area (Å²) < 4.78 is 16.5. The maximum atomic E-state index is 6.03. The van der Waals surface area contributed by atoms with Crippen LogP contribution in [0.15, 0.2) is 0 Å². The summed E-state index contributed by atoms with van der Waals surface area (Å²) in [6.07, 6.45) is 4.09. The van der Waals surface area contributed by atoms with Crippen LogP contribution < -0.4 is 0 Å². The van der Waals surface area contributed by atoms with Gasteiger partial charge in [0.1, 0.15) is 0 Å². The van der Waals surface area contributed by atoms with Crippen LogP contribution >= 0.6 is 0 Å². The Bertz CT molecular complexity index is 195. The van der Waals surface area contributed by atoms with E-state index in [1.807, 2.05) is 0 Å². The molecule has 0 aromatic carbocycles. The van der Waals surface area contributed by atoms with Crippen LogP contribution in [0, 0.1) is 17.8 Å². The van der Waals surface area contributed by atoms with Gasteiger partial charge in [0.05, 0.1) is 6.10 Å². The molecule has 0 saturated heterocycles. The number of hydrogen-bond acceptors (Lipinski definition) is 3. The highest BCUT2D eigenvalue weighted by atomic mass is 28.3. The van der Waals surface area contributed by atoms with Crippen molar-refractivity contribution < 1.29 is 13.3 Å². The van der Waals surface area contributed by atoms with Gasteiger partial charge in [0.2, 0.25) is 0 Å². The SMILES string of the molecule is CO[SiH](OC)OC1CC(C)CCC1C(C)C. The third-order valence-corrected chi connectivity index (χ3v) is 4.97. The van der Waals surface area contributed by atoms with Crippen molar-refractivity contribution in [2.24, 2.45) is 17.8 Å². The fourth-order valence-corrected chi connectivity index (χ4v) is 3.63. The van der Waals surface area contributed by atoms with Crippen molar-refractivity contribution in [3.8, 4) is 0 Å². The predicted molar refractivity (Wildman–Crippen MR) is 67.4 cm³/mol. The Labute approximate surface area is 101 Å². The molecule has 0 heterocycles. The van der Waals surface area contributed by atoms with E-state index in [0.717, 1.165) is 12.3 Å². The lowest BCUT2D eigenvalue weighted by molar-refractivity contribution is 0.000816. The van der Waals surface area contributed by atoms with Gasteiger partial charge in [0, 0.05) is 14.2 Å². The van der Waals surface area contributed by atoms with Crippen LogP contribution in [-0.4, -0.2) is 29.9 Å². The Morgan fingerprint density at radius 3 is 2.25 bits per heavy atom. The molecule has 3 atom stereocenters. The molecule has 3 nitrogen and oxygen atoms in total. The molecule has 1 saturated carbocycles. The third kappa shape index (κ3) is 3.84. The molecule has 3 unspecified atom stereocenters. The molecule has 16 heavy (non-hydrogen) atoms. The molecule has 1 aliphatic carbocycles. The lowest BCUT2D eigenvalue weighted by atomic mass is 9.75. The molecule has 0 aromatic heterocycles. The van der Waals surface area contributed by atoms with Crippen LogP contribution in [-0.2, 0) is 13.3 Å². The molecule has 96 valence electrons. The first kappa shape index (κ1) is 14.2. The third-order valence-electron chi connectivity index (χ3n) is 3.63. The van der Waals surface area contributed by atoms with Gasteiger partial charge in [-0.1, -0.05) is 27.2 Å². The highest BCUT2D eigenvalue weighted by Crippen LogP contribution is 2.35. The van der Waals surface area contributed by atoms with Crippen LogP contribution in [0.25, 0.3) is 0 Å².